The van der Waals surface area contributed by atoms with Crippen LogP contribution in [0.3, 0.4) is 0 Å². The van der Waals surface area contributed by atoms with Gasteiger partial charge in [0.15, 0.2) is 0 Å². The highest BCUT2D eigenvalue weighted by Crippen LogP contribution is 2.35. The van der Waals surface area contributed by atoms with Crippen LogP contribution in [0.25, 0.3) is 10.9 Å². The van der Waals surface area contributed by atoms with Crippen LogP contribution in [0.2, 0.25) is 0 Å². The van der Waals surface area contributed by atoms with Gasteiger partial charge in [-0.2, -0.15) is 0 Å². The fourth-order valence-electron chi connectivity index (χ4n) is 3.76. The average Bonchev–Trinajstić information content (AvgIpc) is 3.29. The quantitative estimate of drug-likeness (QED) is 0.911. The topological polar surface area (TPSA) is 43.5 Å². The number of benzene rings is 1. The molecule has 5 heteroatoms. The average molecular weight is 312 g/mol. The Balaban J connectivity index is 1.72. The number of fused-ring (bicyclic) bond motifs is 1. The predicted molar refractivity (Wildman–Crippen MR) is 93.8 cm³/mol. The van der Waals surface area contributed by atoms with Crippen LogP contribution >= 0.6 is 0 Å². The zero-order valence-corrected chi connectivity index (χ0v) is 13.8. The molecule has 1 aromatic carbocycles. The molecule has 23 heavy (non-hydrogen) atoms. The monoisotopic (exact) mass is 312 g/mol. The highest BCUT2D eigenvalue weighted by atomic mass is 16.5. The highest BCUT2D eigenvalue weighted by molar-refractivity contribution is 5.90. The summed E-state index contributed by atoms with van der Waals surface area (Å²) in [6, 6.07) is 5.03. The van der Waals surface area contributed by atoms with Crippen LogP contribution in [0.5, 0.6) is 5.75 Å². The van der Waals surface area contributed by atoms with Crippen molar-refractivity contribution in [1.82, 2.24) is 15.2 Å². The lowest BCUT2D eigenvalue weighted by Gasteiger charge is -2.20. The van der Waals surface area contributed by atoms with Crippen LogP contribution < -0.4 is 15.0 Å². The number of hydrogen-bond donors (Lipinski definition) is 2. The molecular formula is C18H24N4O. The second kappa shape index (κ2) is 5.81. The van der Waals surface area contributed by atoms with Gasteiger partial charge in [0.1, 0.15) is 5.75 Å². The molecule has 0 aliphatic carbocycles. The van der Waals surface area contributed by atoms with Gasteiger partial charge >= 0.3 is 0 Å². The van der Waals surface area contributed by atoms with Crippen molar-refractivity contribution in [3.05, 3.63) is 36.3 Å². The summed E-state index contributed by atoms with van der Waals surface area (Å²) in [7, 11) is 3.97. The molecule has 1 aromatic heterocycles. The second-order valence-corrected chi connectivity index (χ2v) is 6.51. The fraction of sp³-hybridized carbons (Fsp3) is 0.444. The van der Waals surface area contributed by atoms with Gasteiger partial charge in [0.05, 0.1) is 19.5 Å². The first-order valence-electron chi connectivity index (χ1n) is 8.31. The Morgan fingerprint density at radius 3 is 2.96 bits per heavy atom. The molecule has 122 valence electrons. The molecule has 0 spiro atoms. The van der Waals surface area contributed by atoms with Gasteiger partial charge in [0.2, 0.25) is 0 Å². The summed E-state index contributed by atoms with van der Waals surface area (Å²) in [5.41, 5.74) is 3.66. The molecular weight excluding hydrogens is 288 g/mol. The summed E-state index contributed by atoms with van der Waals surface area (Å²) in [6.07, 6.45) is 9.90. The molecule has 1 atom stereocenters. The Kier molecular flexibility index (Phi) is 3.65. The van der Waals surface area contributed by atoms with E-state index in [0.717, 1.165) is 30.0 Å². The number of rotatable bonds is 4. The number of methoxy groups -OCH3 is 1. The number of ether oxygens (including phenoxy) is 1. The molecule has 0 saturated carbocycles. The van der Waals surface area contributed by atoms with Crippen LogP contribution in [0.1, 0.15) is 18.4 Å². The van der Waals surface area contributed by atoms with Gasteiger partial charge < -0.3 is 24.8 Å². The van der Waals surface area contributed by atoms with Crippen molar-refractivity contribution in [2.75, 3.05) is 32.3 Å². The standard InChI is InChI=1S/C18H24N4O/c1-21-6-3-4-14(21)8-13-11-20-16-10-18(23-2)17(9-15(13)16)22-7-5-19-12-22/h5,7,9-11,14,19-20H,3-4,6,8,12H2,1-2H3/t14-/m1/s1. The number of likely N-dealkylation sites (tertiary alicyclic amines) is 1. The Labute approximate surface area is 136 Å². The van der Waals surface area contributed by atoms with Crippen molar-refractivity contribution in [3.63, 3.8) is 0 Å². The minimum absolute atomic E-state index is 0.660. The predicted octanol–water partition coefficient (Wildman–Crippen LogP) is 2.65. The van der Waals surface area contributed by atoms with Gasteiger partial charge in [-0.15, -0.1) is 0 Å². The van der Waals surface area contributed by atoms with Gasteiger partial charge in [-0.25, -0.2) is 0 Å². The number of anilines is 1. The normalized spacial score (nSPS) is 21.3. The van der Waals surface area contributed by atoms with E-state index in [1.165, 1.54) is 30.3 Å². The Bertz CT molecular complexity index is 736. The van der Waals surface area contributed by atoms with E-state index in [0.29, 0.717) is 6.04 Å². The summed E-state index contributed by atoms with van der Waals surface area (Å²) in [5.74, 6) is 0.900. The van der Waals surface area contributed by atoms with Gasteiger partial charge in [0, 0.05) is 41.6 Å². The van der Waals surface area contributed by atoms with Crippen molar-refractivity contribution in [3.8, 4) is 5.75 Å². The summed E-state index contributed by atoms with van der Waals surface area (Å²) in [6.45, 7) is 2.00. The van der Waals surface area contributed by atoms with Gasteiger partial charge in [-0.1, -0.05) is 0 Å². The molecule has 0 amide bonds. The van der Waals surface area contributed by atoms with Crippen molar-refractivity contribution < 1.29 is 4.74 Å². The maximum Gasteiger partial charge on any atom is 0.144 e. The largest absolute Gasteiger partial charge is 0.494 e. The molecule has 2 aliphatic rings. The van der Waals surface area contributed by atoms with Crippen molar-refractivity contribution in [2.24, 2.45) is 0 Å². The molecule has 0 bridgehead atoms. The minimum atomic E-state index is 0.660. The number of aromatic nitrogens is 1. The van der Waals surface area contributed by atoms with Gasteiger partial charge in [-0.3, -0.25) is 0 Å². The van der Waals surface area contributed by atoms with E-state index in [1.54, 1.807) is 7.11 Å². The Morgan fingerprint density at radius 2 is 2.26 bits per heavy atom. The summed E-state index contributed by atoms with van der Waals surface area (Å²) in [4.78, 5) is 8.08. The maximum atomic E-state index is 5.59. The van der Waals surface area contributed by atoms with Crippen LogP contribution in [0.4, 0.5) is 5.69 Å². The zero-order valence-electron chi connectivity index (χ0n) is 13.8. The first-order valence-corrected chi connectivity index (χ1v) is 8.31. The summed E-state index contributed by atoms with van der Waals surface area (Å²) >= 11 is 0. The number of aromatic amines is 1. The third kappa shape index (κ3) is 2.55. The molecule has 1 fully saturated rings. The second-order valence-electron chi connectivity index (χ2n) is 6.51. The van der Waals surface area contributed by atoms with Crippen molar-refractivity contribution in [2.45, 2.75) is 25.3 Å². The third-order valence-corrected chi connectivity index (χ3v) is 5.14. The summed E-state index contributed by atoms with van der Waals surface area (Å²) in [5, 5.41) is 4.53. The first-order chi connectivity index (χ1) is 11.3. The van der Waals surface area contributed by atoms with Crippen LogP contribution in [-0.4, -0.2) is 43.3 Å². The first kappa shape index (κ1) is 14.5. The Morgan fingerprint density at radius 1 is 1.35 bits per heavy atom. The van der Waals surface area contributed by atoms with E-state index < -0.39 is 0 Å². The molecule has 4 rings (SSSR count). The molecule has 0 unspecified atom stereocenters. The molecule has 5 nitrogen and oxygen atoms in total. The Hall–Kier alpha value is -2.14. The summed E-state index contributed by atoms with van der Waals surface area (Å²) < 4.78 is 5.59. The maximum absolute atomic E-state index is 5.59. The van der Waals surface area contributed by atoms with E-state index in [4.69, 9.17) is 4.74 Å². The van der Waals surface area contributed by atoms with Crippen molar-refractivity contribution >= 4 is 16.6 Å². The van der Waals surface area contributed by atoms with Crippen LogP contribution in [0, 0.1) is 0 Å². The molecule has 2 aliphatic heterocycles. The van der Waals surface area contributed by atoms with E-state index >= 15 is 0 Å². The number of H-pyrrole nitrogens is 1. The lowest BCUT2D eigenvalue weighted by Crippen LogP contribution is -2.26. The number of likely N-dealkylation sites (N-methyl/N-ethyl adjacent to an activating group) is 1. The van der Waals surface area contributed by atoms with Crippen LogP contribution in [-0.2, 0) is 6.42 Å². The number of hydrogen-bond acceptors (Lipinski definition) is 4. The number of nitrogens with one attached hydrogen (secondary N) is 2. The lowest BCUT2D eigenvalue weighted by atomic mass is 10.0. The van der Waals surface area contributed by atoms with E-state index in [-0.39, 0.29) is 0 Å². The van der Waals surface area contributed by atoms with Gasteiger partial charge in [-0.05, 0) is 44.5 Å². The molecule has 2 N–H and O–H groups in total. The van der Waals surface area contributed by atoms with E-state index in [9.17, 15) is 0 Å². The SMILES string of the molecule is COc1cc2[nH]cc(C[C@H]3CCCN3C)c2cc1N1C=CNC1. The van der Waals surface area contributed by atoms with E-state index in [2.05, 4.69) is 51.7 Å². The number of nitrogens with zero attached hydrogens (tertiary/aromatic N) is 2. The molecule has 0 radical (unpaired) electrons. The minimum Gasteiger partial charge on any atom is -0.494 e. The molecule has 1 saturated heterocycles. The third-order valence-electron chi connectivity index (χ3n) is 5.14. The molecule has 3 heterocycles. The van der Waals surface area contributed by atoms with Gasteiger partial charge in [0.25, 0.3) is 0 Å². The zero-order chi connectivity index (χ0) is 15.8. The lowest BCUT2D eigenvalue weighted by molar-refractivity contribution is 0.310. The van der Waals surface area contributed by atoms with Crippen LogP contribution in [0.15, 0.2) is 30.7 Å². The highest BCUT2D eigenvalue weighted by Gasteiger charge is 2.23. The molecule has 2 aromatic rings. The fourth-order valence-corrected chi connectivity index (χ4v) is 3.76. The smallest absolute Gasteiger partial charge is 0.144 e. The van der Waals surface area contributed by atoms with Crippen molar-refractivity contribution in [1.29, 1.82) is 0 Å². The van der Waals surface area contributed by atoms with E-state index in [1.807, 2.05) is 6.20 Å².